The first-order valence-electron chi connectivity index (χ1n) is 6.05. The molecule has 0 atom stereocenters. The Labute approximate surface area is 133 Å². The molecule has 0 heterocycles. The van der Waals surface area contributed by atoms with Crippen molar-refractivity contribution in [2.45, 2.75) is 55.4 Å². The molecule has 15 heteroatoms. The van der Waals surface area contributed by atoms with E-state index in [4.69, 9.17) is 0 Å². The van der Waals surface area contributed by atoms with Gasteiger partial charge in [-0.2, -0.15) is 57.1 Å². The lowest BCUT2D eigenvalue weighted by Crippen LogP contribution is -2.70. The van der Waals surface area contributed by atoms with Crippen molar-refractivity contribution >= 4 is 8.32 Å². The summed E-state index contributed by atoms with van der Waals surface area (Å²) < 4.78 is 170. The SMILES string of the molecule is C[Si](C)(C)OCC(F)(F)C(F)(F)C(F)(F)C(F)(F)C(F)(F)C(F)(F)F. The van der Waals surface area contributed by atoms with Crippen molar-refractivity contribution in [1.82, 2.24) is 0 Å². The monoisotopic (exact) mass is 422 g/mol. The zero-order chi connectivity index (χ0) is 20.9. The molecule has 25 heavy (non-hydrogen) atoms. The van der Waals surface area contributed by atoms with Gasteiger partial charge in [0.15, 0.2) is 8.32 Å². The molecule has 0 aromatic heterocycles. The molecule has 152 valence electrons. The van der Waals surface area contributed by atoms with Crippen LogP contribution in [0.1, 0.15) is 0 Å². The van der Waals surface area contributed by atoms with Crippen LogP contribution in [-0.2, 0) is 4.43 Å². The number of rotatable bonds is 7. The third-order valence-electron chi connectivity index (χ3n) is 2.68. The maximum absolute atomic E-state index is 13.3. The Morgan fingerprint density at radius 2 is 0.880 bits per heavy atom. The highest BCUT2D eigenvalue weighted by Crippen LogP contribution is 2.60. The van der Waals surface area contributed by atoms with Crippen LogP contribution in [0.5, 0.6) is 0 Å². The van der Waals surface area contributed by atoms with E-state index in [2.05, 4.69) is 4.43 Å². The predicted octanol–water partition coefficient (Wildman–Crippen LogP) is 5.58. The van der Waals surface area contributed by atoms with E-state index in [0.29, 0.717) is 0 Å². The zero-order valence-corrected chi connectivity index (χ0v) is 13.5. The van der Waals surface area contributed by atoms with Crippen LogP contribution in [-0.4, -0.2) is 50.7 Å². The number of halogens is 13. The minimum atomic E-state index is -7.87. The van der Waals surface area contributed by atoms with Crippen LogP contribution in [0.25, 0.3) is 0 Å². The normalized spacial score (nSPS) is 16.3. The summed E-state index contributed by atoms with van der Waals surface area (Å²) in [7, 11) is -3.09. The summed E-state index contributed by atoms with van der Waals surface area (Å²) in [5, 5.41) is 0. The quantitative estimate of drug-likeness (QED) is 0.385. The van der Waals surface area contributed by atoms with Crippen molar-refractivity contribution < 1.29 is 61.5 Å². The van der Waals surface area contributed by atoms with Gasteiger partial charge in [0, 0.05) is 0 Å². The van der Waals surface area contributed by atoms with Gasteiger partial charge >= 0.3 is 35.8 Å². The molecule has 0 aliphatic heterocycles. The Morgan fingerprint density at radius 1 is 0.560 bits per heavy atom. The number of alkyl halides is 13. The maximum Gasteiger partial charge on any atom is 0.460 e. The largest absolute Gasteiger partial charge is 0.460 e. The Morgan fingerprint density at radius 3 is 1.16 bits per heavy atom. The minimum Gasteiger partial charge on any atom is -0.411 e. The van der Waals surface area contributed by atoms with Crippen LogP contribution in [0.3, 0.4) is 0 Å². The van der Waals surface area contributed by atoms with Gasteiger partial charge in [0.1, 0.15) is 6.61 Å². The first kappa shape index (κ1) is 24.3. The molecule has 0 aliphatic carbocycles. The van der Waals surface area contributed by atoms with Crippen LogP contribution in [0.2, 0.25) is 19.6 Å². The fraction of sp³-hybridized carbons (Fsp3) is 1.00. The van der Waals surface area contributed by atoms with Gasteiger partial charge in [-0.1, -0.05) is 0 Å². The van der Waals surface area contributed by atoms with Gasteiger partial charge in [-0.05, 0) is 19.6 Å². The van der Waals surface area contributed by atoms with E-state index in [1.165, 1.54) is 0 Å². The van der Waals surface area contributed by atoms with Gasteiger partial charge in [-0.15, -0.1) is 0 Å². The van der Waals surface area contributed by atoms with Crippen LogP contribution in [0.4, 0.5) is 57.1 Å². The molecule has 0 rings (SSSR count). The summed E-state index contributed by atoms with van der Waals surface area (Å²) in [6, 6.07) is 0. The molecule has 0 saturated heterocycles. The average Bonchev–Trinajstić information content (AvgIpc) is 2.33. The first-order valence-corrected chi connectivity index (χ1v) is 9.46. The van der Waals surface area contributed by atoms with E-state index in [1.54, 1.807) is 0 Å². The van der Waals surface area contributed by atoms with Crippen molar-refractivity contribution in [3.05, 3.63) is 0 Å². The Kier molecular flexibility index (Phi) is 5.98. The Balaban J connectivity index is 6.03. The second-order valence-corrected chi connectivity index (χ2v) is 10.4. The molecule has 0 unspecified atom stereocenters. The van der Waals surface area contributed by atoms with Crippen molar-refractivity contribution in [2.24, 2.45) is 0 Å². The third kappa shape index (κ3) is 4.00. The highest BCUT2D eigenvalue weighted by molar-refractivity contribution is 6.69. The molecule has 0 radical (unpaired) electrons. The summed E-state index contributed by atoms with van der Waals surface area (Å²) in [5.74, 6) is -36.8. The summed E-state index contributed by atoms with van der Waals surface area (Å²) in [6.45, 7) is 0.725. The zero-order valence-electron chi connectivity index (χ0n) is 12.5. The molecule has 0 amide bonds. The van der Waals surface area contributed by atoms with Gasteiger partial charge in [0.25, 0.3) is 0 Å². The highest BCUT2D eigenvalue weighted by Gasteiger charge is 2.90. The summed E-state index contributed by atoms with van der Waals surface area (Å²) in [4.78, 5) is 0. The van der Waals surface area contributed by atoms with E-state index >= 15 is 0 Å². The van der Waals surface area contributed by atoms with Gasteiger partial charge in [-0.3, -0.25) is 0 Å². The van der Waals surface area contributed by atoms with E-state index in [0.717, 1.165) is 19.6 Å². The molecule has 0 bridgehead atoms. The van der Waals surface area contributed by atoms with E-state index in [9.17, 15) is 57.1 Å². The molecule has 0 spiro atoms. The van der Waals surface area contributed by atoms with E-state index in [-0.39, 0.29) is 0 Å². The molecular formula is C10H11F13OSi. The average molecular weight is 422 g/mol. The summed E-state index contributed by atoms with van der Waals surface area (Å²) >= 11 is 0. The summed E-state index contributed by atoms with van der Waals surface area (Å²) in [5.41, 5.74) is 0. The molecule has 1 nitrogen and oxygen atoms in total. The lowest BCUT2D eigenvalue weighted by Gasteiger charge is -2.40. The summed E-state index contributed by atoms with van der Waals surface area (Å²) in [6.07, 6.45) is -7.40. The molecule has 0 saturated carbocycles. The molecule has 0 aromatic rings. The van der Waals surface area contributed by atoms with Gasteiger partial charge in [-0.25, -0.2) is 0 Å². The minimum absolute atomic E-state index is 1.10. The smallest absolute Gasteiger partial charge is 0.411 e. The Hall–Kier alpha value is -0.733. The third-order valence-corrected chi connectivity index (χ3v) is 3.70. The van der Waals surface area contributed by atoms with Crippen molar-refractivity contribution in [3.63, 3.8) is 0 Å². The standard InChI is InChI=1S/C10H11F13OSi/c1-25(2,3)24-4-5(11,12)6(13,14)7(15,16)8(17,18)9(19,20)10(21,22)23/h4H2,1-3H3. The van der Waals surface area contributed by atoms with E-state index < -0.39 is 50.7 Å². The molecule has 0 aliphatic rings. The molecule has 0 N–H and O–H groups in total. The van der Waals surface area contributed by atoms with Crippen molar-refractivity contribution in [2.75, 3.05) is 6.61 Å². The highest BCUT2D eigenvalue weighted by atomic mass is 28.4. The van der Waals surface area contributed by atoms with Crippen LogP contribution in [0, 0.1) is 0 Å². The molecular weight excluding hydrogens is 411 g/mol. The van der Waals surface area contributed by atoms with Crippen molar-refractivity contribution in [1.29, 1.82) is 0 Å². The van der Waals surface area contributed by atoms with Crippen LogP contribution >= 0.6 is 0 Å². The van der Waals surface area contributed by atoms with Crippen LogP contribution < -0.4 is 0 Å². The number of hydrogen-bond acceptors (Lipinski definition) is 1. The van der Waals surface area contributed by atoms with Crippen LogP contribution in [0.15, 0.2) is 0 Å². The van der Waals surface area contributed by atoms with Gasteiger partial charge in [0.05, 0.1) is 0 Å². The second kappa shape index (κ2) is 6.16. The first-order chi connectivity index (χ1) is 10.5. The lowest BCUT2D eigenvalue weighted by atomic mass is 9.94. The van der Waals surface area contributed by atoms with Gasteiger partial charge in [0.2, 0.25) is 0 Å². The lowest BCUT2D eigenvalue weighted by molar-refractivity contribution is -0.440. The van der Waals surface area contributed by atoms with E-state index in [1.807, 2.05) is 0 Å². The molecule has 0 fully saturated rings. The fourth-order valence-corrected chi connectivity index (χ4v) is 1.81. The second-order valence-electron chi connectivity index (χ2n) is 5.90. The predicted molar refractivity (Wildman–Crippen MR) is 60.1 cm³/mol. The van der Waals surface area contributed by atoms with Crippen molar-refractivity contribution in [3.8, 4) is 0 Å². The molecule has 0 aromatic carbocycles. The maximum atomic E-state index is 13.3. The number of hydrogen-bond donors (Lipinski definition) is 0. The van der Waals surface area contributed by atoms with Gasteiger partial charge < -0.3 is 4.43 Å². The fourth-order valence-electron chi connectivity index (χ4n) is 1.20. The Bertz CT molecular complexity index is 476. The topological polar surface area (TPSA) is 9.23 Å².